The van der Waals surface area contributed by atoms with E-state index in [4.69, 9.17) is 5.21 Å². The zero-order valence-corrected chi connectivity index (χ0v) is 6.60. The zero-order chi connectivity index (χ0) is 7.70. The molecule has 9 heavy (non-hydrogen) atoms. The van der Waals surface area contributed by atoms with Crippen molar-refractivity contribution in [2.45, 2.75) is 27.7 Å². The summed E-state index contributed by atoms with van der Waals surface area (Å²) >= 11 is 0. The highest BCUT2D eigenvalue weighted by atomic mass is 16.5. The van der Waals surface area contributed by atoms with Crippen molar-refractivity contribution < 1.29 is 5.21 Å². The molecule has 0 saturated heterocycles. The van der Waals surface area contributed by atoms with Crippen molar-refractivity contribution in [2.75, 3.05) is 6.54 Å². The van der Waals surface area contributed by atoms with Crippen LogP contribution in [-0.2, 0) is 0 Å². The molecule has 0 fully saturated rings. The van der Waals surface area contributed by atoms with Crippen LogP contribution in [0.4, 0.5) is 0 Å². The minimum atomic E-state index is 0.558. The molecule has 0 aromatic carbocycles. The molecule has 0 aromatic heterocycles. The molecule has 0 aliphatic heterocycles. The Morgan fingerprint density at radius 1 is 1.56 bits per heavy atom. The molecule has 0 radical (unpaired) electrons. The van der Waals surface area contributed by atoms with Gasteiger partial charge in [-0.1, -0.05) is 13.8 Å². The topological polar surface area (TPSA) is 44.6 Å². The average Bonchev–Trinajstić information content (AvgIpc) is 1.93. The number of nitrogens with one attached hydrogen (secondary N) is 1. The lowest BCUT2D eigenvalue weighted by Crippen LogP contribution is -2.14. The van der Waals surface area contributed by atoms with E-state index in [9.17, 15) is 0 Å². The van der Waals surface area contributed by atoms with E-state index in [-0.39, 0.29) is 0 Å². The first-order valence-electron chi connectivity index (χ1n) is 3.22. The maximum absolute atomic E-state index is 8.09. The molecular formula is C6H16N2O. The van der Waals surface area contributed by atoms with Crippen molar-refractivity contribution in [3.63, 3.8) is 0 Å². The standard InChI is InChI=1S/C4H10N2O.C2H6/c1-3-5-4(2)6-7;1-2/h7H,3H2,1-2H3,(H,5,6);1-2H3. The lowest BCUT2D eigenvalue weighted by Gasteiger charge is -1.91. The number of nitrogens with zero attached hydrogens (tertiary/aromatic N) is 1. The summed E-state index contributed by atoms with van der Waals surface area (Å²) < 4.78 is 0. The van der Waals surface area contributed by atoms with Crippen molar-refractivity contribution in [3.05, 3.63) is 0 Å². The maximum Gasteiger partial charge on any atom is 0.117 e. The molecular weight excluding hydrogens is 116 g/mol. The van der Waals surface area contributed by atoms with E-state index in [2.05, 4.69) is 4.99 Å². The first kappa shape index (κ1) is 11.3. The lowest BCUT2D eigenvalue weighted by molar-refractivity contribution is 0.233. The molecule has 0 spiro atoms. The van der Waals surface area contributed by atoms with Gasteiger partial charge in [0.25, 0.3) is 0 Å². The molecule has 0 heterocycles. The van der Waals surface area contributed by atoms with E-state index in [0.717, 1.165) is 0 Å². The fourth-order valence-electron chi connectivity index (χ4n) is 0.273. The van der Waals surface area contributed by atoms with Crippen LogP contribution >= 0.6 is 0 Å². The minimum Gasteiger partial charge on any atom is -0.290 e. The van der Waals surface area contributed by atoms with Gasteiger partial charge in [0, 0.05) is 6.54 Å². The Labute approximate surface area is 56.8 Å². The van der Waals surface area contributed by atoms with E-state index >= 15 is 0 Å². The molecule has 2 N–H and O–H groups in total. The van der Waals surface area contributed by atoms with Gasteiger partial charge in [0.2, 0.25) is 0 Å². The third-order valence-corrected chi connectivity index (χ3v) is 0.557. The summed E-state index contributed by atoms with van der Waals surface area (Å²) in [4.78, 5) is 3.80. The summed E-state index contributed by atoms with van der Waals surface area (Å²) in [5.74, 6) is 0.558. The minimum absolute atomic E-state index is 0.558. The van der Waals surface area contributed by atoms with E-state index in [1.54, 1.807) is 6.92 Å². The second kappa shape index (κ2) is 10.4. The smallest absolute Gasteiger partial charge is 0.117 e. The zero-order valence-electron chi connectivity index (χ0n) is 6.60. The number of hydrogen-bond donors (Lipinski definition) is 2. The van der Waals surface area contributed by atoms with E-state index in [0.29, 0.717) is 12.4 Å². The van der Waals surface area contributed by atoms with Gasteiger partial charge in [0.15, 0.2) is 0 Å². The number of hydrogen-bond acceptors (Lipinski definition) is 2. The Kier molecular flexibility index (Phi) is 13.0. The quantitative estimate of drug-likeness (QED) is 0.322. The van der Waals surface area contributed by atoms with Crippen molar-refractivity contribution in [3.8, 4) is 0 Å². The van der Waals surface area contributed by atoms with Crippen LogP contribution in [0.2, 0.25) is 0 Å². The van der Waals surface area contributed by atoms with Crippen LogP contribution in [-0.4, -0.2) is 17.6 Å². The van der Waals surface area contributed by atoms with Crippen molar-refractivity contribution in [1.29, 1.82) is 0 Å². The molecule has 3 nitrogen and oxygen atoms in total. The Balaban J connectivity index is 0. The summed E-state index contributed by atoms with van der Waals surface area (Å²) in [5, 5.41) is 8.09. The first-order valence-corrected chi connectivity index (χ1v) is 3.22. The van der Waals surface area contributed by atoms with Crippen LogP contribution in [0.25, 0.3) is 0 Å². The molecule has 56 valence electrons. The lowest BCUT2D eigenvalue weighted by atomic mass is 10.7. The van der Waals surface area contributed by atoms with Crippen molar-refractivity contribution >= 4 is 5.84 Å². The third kappa shape index (κ3) is 11.2. The monoisotopic (exact) mass is 132 g/mol. The van der Waals surface area contributed by atoms with Gasteiger partial charge in [0.1, 0.15) is 5.84 Å². The summed E-state index contributed by atoms with van der Waals surface area (Å²) in [6, 6.07) is 0. The van der Waals surface area contributed by atoms with Crippen LogP contribution < -0.4 is 5.48 Å². The van der Waals surface area contributed by atoms with Crippen LogP contribution in [0.1, 0.15) is 27.7 Å². The molecule has 0 aromatic rings. The Bertz CT molecular complexity index is 71.5. The van der Waals surface area contributed by atoms with Gasteiger partial charge in [-0.05, 0) is 13.8 Å². The normalized spacial score (nSPS) is 9.67. The molecule has 0 saturated carbocycles. The molecule has 0 amide bonds. The molecule has 0 unspecified atom stereocenters. The van der Waals surface area contributed by atoms with Crippen LogP contribution in [0.3, 0.4) is 0 Å². The van der Waals surface area contributed by atoms with E-state index in [1.807, 2.05) is 26.3 Å². The average molecular weight is 132 g/mol. The van der Waals surface area contributed by atoms with Gasteiger partial charge < -0.3 is 0 Å². The summed E-state index contributed by atoms with van der Waals surface area (Å²) in [6.45, 7) is 8.31. The maximum atomic E-state index is 8.09. The van der Waals surface area contributed by atoms with Gasteiger partial charge in [-0.2, -0.15) is 0 Å². The molecule has 0 atom stereocenters. The van der Waals surface area contributed by atoms with Crippen LogP contribution in [0.15, 0.2) is 4.99 Å². The fraction of sp³-hybridized carbons (Fsp3) is 0.833. The van der Waals surface area contributed by atoms with E-state index in [1.165, 1.54) is 0 Å². The number of rotatable bonds is 1. The molecule has 0 rings (SSSR count). The molecule has 0 aliphatic rings. The summed E-state index contributed by atoms with van der Waals surface area (Å²) in [5.41, 5.74) is 1.92. The molecule has 3 heteroatoms. The van der Waals surface area contributed by atoms with E-state index < -0.39 is 0 Å². The second-order valence-electron chi connectivity index (χ2n) is 1.17. The predicted octanol–water partition coefficient (Wildman–Crippen LogP) is 1.43. The number of amidine groups is 1. The highest BCUT2D eigenvalue weighted by Gasteiger charge is 1.76. The molecule has 0 aliphatic carbocycles. The highest BCUT2D eigenvalue weighted by molar-refractivity contribution is 5.78. The fourth-order valence-corrected chi connectivity index (χ4v) is 0.273. The Morgan fingerprint density at radius 2 is 2.00 bits per heavy atom. The second-order valence-corrected chi connectivity index (χ2v) is 1.17. The largest absolute Gasteiger partial charge is 0.290 e. The van der Waals surface area contributed by atoms with Crippen molar-refractivity contribution in [2.24, 2.45) is 4.99 Å². The Hall–Kier alpha value is -0.570. The number of hydroxylamine groups is 1. The van der Waals surface area contributed by atoms with Crippen molar-refractivity contribution in [1.82, 2.24) is 5.48 Å². The number of aliphatic imine (C=N–C) groups is 1. The first-order chi connectivity index (χ1) is 4.31. The van der Waals surface area contributed by atoms with Crippen LogP contribution in [0, 0.1) is 0 Å². The van der Waals surface area contributed by atoms with Crippen LogP contribution in [0.5, 0.6) is 0 Å². The van der Waals surface area contributed by atoms with Gasteiger partial charge in [-0.25, -0.2) is 0 Å². The van der Waals surface area contributed by atoms with Gasteiger partial charge in [0.05, 0.1) is 0 Å². The third-order valence-electron chi connectivity index (χ3n) is 0.557. The summed E-state index contributed by atoms with van der Waals surface area (Å²) in [6.07, 6.45) is 0. The Morgan fingerprint density at radius 3 is 2.11 bits per heavy atom. The summed E-state index contributed by atoms with van der Waals surface area (Å²) in [7, 11) is 0. The van der Waals surface area contributed by atoms with Gasteiger partial charge in [-0.3, -0.25) is 15.7 Å². The van der Waals surface area contributed by atoms with Gasteiger partial charge in [-0.15, -0.1) is 0 Å². The molecule has 0 bridgehead atoms. The highest BCUT2D eigenvalue weighted by Crippen LogP contribution is 1.67. The predicted molar refractivity (Wildman–Crippen MR) is 39.9 cm³/mol. The SMILES string of the molecule is CC.CCN=C(C)NO. The van der Waals surface area contributed by atoms with Gasteiger partial charge >= 0.3 is 0 Å².